The van der Waals surface area contributed by atoms with E-state index >= 15 is 0 Å². The van der Waals surface area contributed by atoms with Gasteiger partial charge in [0, 0.05) is 12.7 Å². The van der Waals surface area contributed by atoms with Crippen LogP contribution in [0.3, 0.4) is 0 Å². The minimum Gasteiger partial charge on any atom is -0.317 e. The molecule has 3 nitrogen and oxygen atoms in total. The fourth-order valence-electron chi connectivity index (χ4n) is 2.49. The molecule has 1 fully saturated rings. The van der Waals surface area contributed by atoms with Crippen LogP contribution in [0.5, 0.6) is 0 Å². The Morgan fingerprint density at radius 3 is 2.75 bits per heavy atom. The lowest BCUT2D eigenvalue weighted by Crippen LogP contribution is -2.36. The van der Waals surface area contributed by atoms with E-state index in [1.54, 1.807) is 0 Å². The van der Waals surface area contributed by atoms with Crippen molar-refractivity contribution in [3.05, 3.63) is 18.0 Å². The number of nitrogens with one attached hydrogen (secondary N) is 1. The van der Waals surface area contributed by atoms with Gasteiger partial charge in [-0.2, -0.15) is 5.10 Å². The largest absolute Gasteiger partial charge is 0.317 e. The van der Waals surface area contributed by atoms with Crippen molar-refractivity contribution in [3.63, 3.8) is 0 Å². The summed E-state index contributed by atoms with van der Waals surface area (Å²) in [5.74, 6) is 1.78. The third-order valence-corrected chi connectivity index (χ3v) is 3.74. The summed E-state index contributed by atoms with van der Waals surface area (Å²) >= 11 is 0. The molecule has 1 aliphatic carbocycles. The van der Waals surface area contributed by atoms with Gasteiger partial charge >= 0.3 is 0 Å². The molecule has 2 rings (SSSR count). The predicted molar refractivity (Wildman–Crippen MR) is 66.4 cm³/mol. The van der Waals surface area contributed by atoms with Gasteiger partial charge in [-0.15, -0.1) is 0 Å². The Kier molecular flexibility index (Phi) is 3.99. The van der Waals surface area contributed by atoms with Gasteiger partial charge in [0.15, 0.2) is 0 Å². The second kappa shape index (κ2) is 5.48. The summed E-state index contributed by atoms with van der Waals surface area (Å²) in [6.45, 7) is 7.58. The van der Waals surface area contributed by atoms with Crippen molar-refractivity contribution in [3.8, 4) is 0 Å². The Hall–Kier alpha value is -0.830. The number of rotatable bonds is 6. The number of hydrogen-bond acceptors (Lipinski definition) is 2. The fraction of sp³-hybridized carbons (Fsp3) is 0.769. The molecule has 90 valence electrons. The summed E-state index contributed by atoms with van der Waals surface area (Å²) in [5.41, 5.74) is 1.41. The summed E-state index contributed by atoms with van der Waals surface area (Å²) in [6.07, 6.45) is 8.25. The van der Waals surface area contributed by atoms with Crippen LogP contribution in [0.2, 0.25) is 0 Å². The highest BCUT2D eigenvalue weighted by Gasteiger charge is 2.30. The van der Waals surface area contributed by atoms with E-state index < -0.39 is 0 Å². The summed E-state index contributed by atoms with van der Waals surface area (Å²) in [7, 11) is 0. The average Bonchev–Trinajstić information content (AvgIpc) is 2.73. The second-order valence-electron chi connectivity index (χ2n) is 4.81. The van der Waals surface area contributed by atoms with Gasteiger partial charge in [-0.05, 0) is 56.7 Å². The van der Waals surface area contributed by atoms with Crippen LogP contribution in [0.1, 0.15) is 32.3 Å². The summed E-state index contributed by atoms with van der Waals surface area (Å²) in [4.78, 5) is 0. The van der Waals surface area contributed by atoms with Crippen molar-refractivity contribution < 1.29 is 0 Å². The van der Waals surface area contributed by atoms with Crippen LogP contribution in [0.25, 0.3) is 0 Å². The minimum absolute atomic E-state index is 0.883. The molecule has 0 aliphatic heterocycles. The van der Waals surface area contributed by atoms with Crippen LogP contribution >= 0.6 is 0 Å². The zero-order valence-electron chi connectivity index (χ0n) is 10.4. The van der Waals surface area contributed by atoms with Crippen molar-refractivity contribution in [1.82, 2.24) is 15.1 Å². The Balaban J connectivity index is 1.80. The van der Waals surface area contributed by atoms with Crippen LogP contribution in [0.15, 0.2) is 12.4 Å². The van der Waals surface area contributed by atoms with Crippen molar-refractivity contribution in [2.45, 2.75) is 39.7 Å². The molecule has 1 aromatic heterocycles. The predicted octanol–water partition coefficient (Wildman–Crippen LogP) is 2.08. The van der Waals surface area contributed by atoms with Crippen LogP contribution in [-0.4, -0.2) is 22.9 Å². The van der Waals surface area contributed by atoms with E-state index in [0.29, 0.717) is 0 Å². The van der Waals surface area contributed by atoms with Crippen LogP contribution < -0.4 is 5.32 Å². The zero-order valence-corrected chi connectivity index (χ0v) is 10.4. The first-order valence-corrected chi connectivity index (χ1v) is 6.55. The van der Waals surface area contributed by atoms with Gasteiger partial charge in [0.1, 0.15) is 0 Å². The molecule has 1 saturated carbocycles. The highest BCUT2D eigenvalue weighted by atomic mass is 15.3. The topological polar surface area (TPSA) is 29.9 Å². The van der Waals surface area contributed by atoms with Gasteiger partial charge in [0.2, 0.25) is 0 Å². The van der Waals surface area contributed by atoms with Gasteiger partial charge in [-0.3, -0.25) is 4.68 Å². The third-order valence-electron chi connectivity index (χ3n) is 3.74. The summed E-state index contributed by atoms with van der Waals surface area (Å²) in [5, 5.41) is 7.80. The molecule has 1 heterocycles. The van der Waals surface area contributed by atoms with Gasteiger partial charge in [-0.25, -0.2) is 0 Å². The number of aryl methyl sites for hydroxylation is 1. The Labute approximate surface area is 98.2 Å². The minimum atomic E-state index is 0.883. The summed E-state index contributed by atoms with van der Waals surface area (Å²) in [6, 6.07) is 0. The molecule has 0 spiro atoms. The monoisotopic (exact) mass is 221 g/mol. The zero-order chi connectivity index (χ0) is 11.4. The lowest BCUT2D eigenvalue weighted by molar-refractivity contribution is 0.172. The van der Waals surface area contributed by atoms with Crippen molar-refractivity contribution in [2.24, 2.45) is 11.8 Å². The molecule has 0 radical (unpaired) electrons. The van der Waals surface area contributed by atoms with E-state index in [1.165, 1.54) is 31.4 Å². The molecule has 1 N–H and O–H groups in total. The van der Waals surface area contributed by atoms with Crippen LogP contribution in [0.4, 0.5) is 0 Å². The third kappa shape index (κ3) is 2.64. The highest BCUT2D eigenvalue weighted by molar-refractivity contribution is 5.07. The van der Waals surface area contributed by atoms with Gasteiger partial charge in [0.05, 0.1) is 6.20 Å². The van der Waals surface area contributed by atoms with E-state index in [9.17, 15) is 0 Å². The first-order chi connectivity index (χ1) is 7.83. The van der Waals surface area contributed by atoms with Crippen molar-refractivity contribution in [1.29, 1.82) is 0 Å². The van der Waals surface area contributed by atoms with Gasteiger partial charge in [-0.1, -0.05) is 6.92 Å². The molecular formula is C13H23N3. The van der Waals surface area contributed by atoms with E-state index in [2.05, 4.69) is 30.5 Å². The Bertz CT molecular complexity index is 319. The molecule has 2 unspecified atom stereocenters. The molecule has 3 heteroatoms. The fourth-order valence-corrected chi connectivity index (χ4v) is 2.49. The molecule has 0 saturated heterocycles. The maximum absolute atomic E-state index is 4.33. The Morgan fingerprint density at radius 1 is 1.38 bits per heavy atom. The molecule has 1 aromatic rings. The maximum atomic E-state index is 4.33. The number of aromatic nitrogens is 2. The van der Waals surface area contributed by atoms with E-state index in [4.69, 9.17) is 0 Å². The van der Waals surface area contributed by atoms with E-state index in [1.807, 2.05) is 10.9 Å². The van der Waals surface area contributed by atoms with Crippen LogP contribution in [0, 0.1) is 11.8 Å². The normalized spacial score (nSPS) is 24.4. The lowest BCUT2D eigenvalue weighted by Gasteiger charge is -2.36. The first kappa shape index (κ1) is 11.6. The van der Waals surface area contributed by atoms with Crippen molar-refractivity contribution >= 4 is 0 Å². The smallest absolute Gasteiger partial charge is 0.0521 e. The van der Waals surface area contributed by atoms with Gasteiger partial charge in [0.25, 0.3) is 0 Å². The first-order valence-electron chi connectivity index (χ1n) is 6.55. The maximum Gasteiger partial charge on any atom is 0.0521 e. The Morgan fingerprint density at radius 2 is 2.19 bits per heavy atom. The standard InChI is InChI=1S/C13H23N3/c1-3-14-9-13-6-5-12(13)7-11-8-15-16(4-2)10-11/h8,10,12-14H,3-7,9H2,1-2H3. The average molecular weight is 221 g/mol. The number of hydrogen-bond donors (Lipinski definition) is 1. The molecule has 0 amide bonds. The number of nitrogens with zero attached hydrogens (tertiary/aromatic N) is 2. The SMILES string of the molecule is CCNCC1CCC1Cc1cnn(CC)c1. The van der Waals surface area contributed by atoms with E-state index in [-0.39, 0.29) is 0 Å². The van der Waals surface area contributed by atoms with Crippen molar-refractivity contribution in [2.75, 3.05) is 13.1 Å². The molecular weight excluding hydrogens is 198 g/mol. The molecule has 0 bridgehead atoms. The van der Waals surface area contributed by atoms with Crippen LogP contribution in [-0.2, 0) is 13.0 Å². The lowest BCUT2D eigenvalue weighted by atomic mass is 9.71. The van der Waals surface area contributed by atoms with E-state index in [0.717, 1.165) is 24.9 Å². The molecule has 1 aliphatic rings. The molecule has 16 heavy (non-hydrogen) atoms. The molecule has 0 aromatic carbocycles. The summed E-state index contributed by atoms with van der Waals surface area (Å²) < 4.78 is 2.02. The highest BCUT2D eigenvalue weighted by Crippen LogP contribution is 2.36. The quantitative estimate of drug-likeness (QED) is 0.797. The van der Waals surface area contributed by atoms with Gasteiger partial charge < -0.3 is 5.32 Å². The second-order valence-corrected chi connectivity index (χ2v) is 4.81. The molecule has 2 atom stereocenters.